The molecule has 0 fully saturated rings. The van der Waals surface area contributed by atoms with Crippen LogP contribution < -0.4 is 5.32 Å². The van der Waals surface area contributed by atoms with Crippen molar-refractivity contribution in [1.29, 1.82) is 0 Å². The van der Waals surface area contributed by atoms with E-state index in [1.165, 1.54) is 18.2 Å². The Kier molecular flexibility index (Phi) is 4.03. The van der Waals surface area contributed by atoms with Crippen LogP contribution in [0.5, 0.6) is 0 Å². The highest BCUT2D eigenvalue weighted by atomic mass is 35.5. The molecule has 1 N–H and O–H groups in total. The molecule has 3 heterocycles. The minimum absolute atomic E-state index is 0.0597. The second kappa shape index (κ2) is 6.25. The smallest absolute Gasteiger partial charge is 0.260 e. The van der Waals surface area contributed by atoms with Crippen molar-refractivity contribution in [2.75, 3.05) is 11.9 Å². The molecule has 0 spiro atoms. The number of amides is 1. The van der Waals surface area contributed by atoms with Crippen LogP contribution in [0.25, 0.3) is 0 Å². The molecule has 4 rings (SSSR count). The summed E-state index contributed by atoms with van der Waals surface area (Å²) in [4.78, 5) is 23.8. The van der Waals surface area contributed by atoms with Crippen LogP contribution in [0.2, 0.25) is 5.02 Å². The first-order chi connectivity index (χ1) is 12.5. The quantitative estimate of drug-likeness (QED) is 0.877. The molecule has 1 aromatic carbocycles. The van der Waals surface area contributed by atoms with E-state index in [2.05, 4.69) is 17.2 Å². The van der Waals surface area contributed by atoms with E-state index in [9.17, 15) is 9.18 Å². The number of nitrogens with zero attached hydrogens (tertiary/aromatic N) is 3. The highest BCUT2D eigenvalue weighted by molar-refractivity contribution is 6.31. The van der Waals surface area contributed by atoms with Crippen LogP contribution in [0, 0.1) is 12.7 Å². The van der Waals surface area contributed by atoms with E-state index in [0.29, 0.717) is 34.3 Å². The number of fused-ring (bicyclic) bond motifs is 3. The summed E-state index contributed by atoms with van der Waals surface area (Å²) in [5.74, 6) is 0.590. The van der Waals surface area contributed by atoms with E-state index in [4.69, 9.17) is 21.0 Å². The molecule has 0 radical (unpaired) electrons. The van der Waals surface area contributed by atoms with Gasteiger partial charge in [-0.15, -0.1) is 0 Å². The van der Waals surface area contributed by atoms with Crippen molar-refractivity contribution in [2.45, 2.75) is 26.3 Å². The molecule has 1 aromatic heterocycles. The van der Waals surface area contributed by atoms with E-state index in [1.807, 2.05) is 4.90 Å². The van der Waals surface area contributed by atoms with Crippen LogP contribution in [-0.4, -0.2) is 35.6 Å². The first kappa shape index (κ1) is 16.8. The first-order valence-electron chi connectivity index (χ1n) is 8.26. The summed E-state index contributed by atoms with van der Waals surface area (Å²) in [5, 5.41) is 2.67. The van der Waals surface area contributed by atoms with Crippen molar-refractivity contribution >= 4 is 41.3 Å². The molecule has 0 aliphatic carbocycles. The maximum absolute atomic E-state index is 13.3. The summed E-state index contributed by atoms with van der Waals surface area (Å²) in [5.41, 5.74) is 1.36. The standard InChI is InChI=1S/C18H16ClFN4O2/c1-3-10-7-24-8-21-18-15(16(24)22-10)14(9(2)26-18)17(25)23-11-4-5-13(20)12(19)6-11/h4-6,8,10H,3,7H2,1-2H3,(H,23,25). The summed E-state index contributed by atoms with van der Waals surface area (Å²) in [7, 11) is 0. The Morgan fingerprint density at radius 1 is 1.50 bits per heavy atom. The number of aliphatic imine (C=N–C) groups is 2. The average Bonchev–Trinajstić information content (AvgIpc) is 3.17. The Hall–Kier alpha value is -2.67. The molecule has 6 nitrogen and oxygen atoms in total. The molecule has 1 amide bonds. The van der Waals surface area contributed by atoms with E-state index in [-0.39, 0.29) is 17.0 Å². The minimum Gasteiger partial charge on any atom is -0.442 e. The Bertz CT molecular complexity index is 966. The van der Waals surface area contributed by atoms with Crippen molar-refractivity contribution in [3.8, 4) is 0 Å². The monoisotopic (exact) mass is 374 g/mol. The number of anilines is 1. The second-order valence-corrected chi connectivity index (χ2v) is 6.62. The normalized spacial score (nSPS) is 17.8. The molecule has 8 heteroatoms. The Morgan fingerprint density at radius 3 is 3.04 bits per heavy atom. The maximum atomic E-state index is 13.3. The third-order valence-electron chi connectivity index (χ3n) is 4.46. The van der Waals surface area contributed by atoms with Gasteiger partial charge in [-0.2, -0.15) is 0 Å². The molecule has 1 unspecified atom stereocenters. The second-order valence-electron chi connectivity index (χ2n) is 6.21. The maximum Gasteiger partial charge on any atom is 0.260 e. The van der Waals surface area contributed by atoms with Gasteiger partial charge in [-0.25, -0.2) is 9.38 Å². The number of carbonyl (C=O) groups is 1. The fourth-order valence-electron chi connectivity index (χ4n) is 3.12. The van der Waals surface area contributed by atoms with Gasteiger partial charge >= 0.3 is 0 Å². The lowest BCUT2D eigenvalue weighted by atomic mass is 10.1. The van der Waals surface area contributed by atoms with Crippen LogP contribution >= 0.6 is 11.6 Å². The highest BCUT2D eigenvalue weighted by Gasteiger charge is 2.35. The summed E-state index contributed by atoms with van der Waals surface area (Å²) in [6.45, 7) is 4.50. The third kappa shape index (κ3) is 2.68. The Balaban J connectivity index is 1.72. The van der Waals surface area contributed by atoms with Crippen molar-refractivity contribution in [3.63, 3.8) is 0 Å². The molecular formula is C18H16ClFN4O2. The number of halogens is 2. The Labute approximate surface area is 154 Å². The van der Waals surface area contributed by atoms with Gasteiger partial charge in [-0.05, 0) is 31.5 Å². The predicted octanol–water partition coefficient (Wildman–Crippen LogP) is 4.15. The zero-order valence-corrected chi connectivity index (χ0v) is 15.0. The minimum atomic E-state index is -0.544. The fraction of sp³-hybridized carbons (Fsp3) is 0.278. The number of nitrogens with one attached hydrogen (secondary N) is 1. The fourth-order valence-corrected chi connectivity index (χ4v) is 3.30. The van der Waals surface area contributed by atoms with Crippen LogP contribution in [0.3, 0.4) is 0 Å². The van der Waals surface area contributed by atoms with Crippen LogP contribution in [-0.2, 0) is 0 Å². The molecule has 0 bridgehead atoms. The van der Waals surface area contributed by atoms with Gasteiger partial charge in [0.15, 0.2) is 0 Å². The van der Waals surface area contributed by atoms with Crippen molar-refractivity contribution in [1.82, 2.24) is 4.90 Å². The summed E-state index contributed by atoms with van der Waals surface area (Å²) >= 11 is 5.78. The van der Waals surface area contributed by atoms with E-state index >= 15 is 0 Å². The number of rotatable bonds is 3. The van der Waals surface area contributed by atoms with Gasteiger partial charge in [0.1, 0.15) is 23.8 Å². The van der Waals surface area contributed by atoms with Gasteiger partial charge in [0.05, 0.1) is 22.2 Å². The number of aryl methyl sites for hydroxylation is 1. The molecule has 26 heavy (non-hydrogen) atoms. The van der Waals surface area contributed by atoms with Crippen LogP contribution in [0.15, 0.2) is 32.6 Å². The van der Waals surface area contributed by atoms with Gasteiger partial charge < -0.3 is 14.6 Å². The topological polar surface area (TPSA) is 70.2 Å². The molecule has 2 aliphatic rings. The van der Waals surface area contributed by atoms with Gasteiger partial charge in [-0.3, -0.25) is 9.79 Å². The molecular weight excluding hydrogens is 359 g/mol. The van der Waals surface area contributed by atoms with Gasteiger partial charge in [-0.1, -0.05) is 18.5 Å². The number of hydrogen-bond donors (Lipinski definition) is 1. The lowest BCUT2D eigenvalue weighted by Gasteiger charge is -2.18. The van der Waals surface area contributed by atoms with Gasteiger partial charge in [0, 0.05) is 12.2 Å². The first-order valence-corrected chi connectivity index (χ1v) is 8.64. The number of amidine groups is 1. The van der Waals surface area contributed by atoms with Gasteiger partial charge in [0.2, 0.25) is 5.88 Å². The third-order valence-corrected chi connectivity index (χ3v) is 4.75. The number of benzene rings is 1. The SMILES string of the molecule is CCC1CN2C=Nc3oc(C)c(C(=O)Nc4ccc(F)c(Cl)c4)c3C2=N1. The predicted molar refractivity (Wildman–Crippen MR) is 98.3 cm³/mol. The lowest BCUT2D eigenvalue weighted by Crippen LogP contribution is -2.31. The van der Waals surface area contributed by atoms with E-state index < -0.39 is 5.82 Å². The summed E-state index contributed by atoms with van der Waals surface area (Å²) in [6.07, 6.45) is 2.58. The molecule has 134 valence electrons. The molecule has 0 saturated carbocycles. The molecule has 2 aliphatic heterocycles. The lowest BCUT2D eigenvalue weighted by molar-refractivity contribution is 0.102. The summed E-state index contributed by atoms with van der Waals surface area (Å²) < 4.78 is 19.0. The average molecular weight is 375 g/mol. The zero-order chi connectivity index (χ0) is 18.4. The highest BCUT2D eigenvalue weighted by Crippen LogP contribution is 2.36. The Morgan fingerprint density at radius 2 is 2.31 bits per heavy atom. The molecule has 0 saturated heterocycles. The molecule has 2 aromatic rings. The van der Waals surface area contributed by atoms with Crippen LogP contribution in [0.4, 0.5) is 16.0 Å². The van der Waals surface area contributed by atoms with Crippen molar-refractivity contribution < 1.29 is 13.6 Å². The zero-order valence-electron chi connectivity index (χ0n) is 14.2. The van der Waals surface area contributed by atoms with E-state index in [0.717, 1.165) is 13.0 Å². The largest absolute Gasteiger partial charge is 0.442 e. The number of hydrogen-bond acceptors (Lipinski definition) is 5. The van der Waals surface area contributed by atoms with Crippen molar-refractivity contribution in [3.05, 3.63) is 45.9 Å². The van der Waals surface area contributed by atoms with E-state index in [1.54, 1.807) is 13.3 Å². The van der Waals surface area contributed by atoms with Crippen molar-refractivity contribution in [2.24, 2.45) is 9.98 Å². The number of furan rings is 1. The number of carbonyl (C=O) groups excluding carboxylic acids is 1. The molecule has 1 atom stereocenters. The summed E-state index contributed by atoms with van der Waals surface area (Å²) in [6, 6.07) is 4.17. The van der Waals surface area contributed by atoms with Crippen LogP contribution in [0.1, 0.15) is 35.0 Å². The van der Waals surface area contributed by atoms with Gasteiger partial charge in [0.25, 0.3) is 5.91 Å².